The van der Waals surface area contributed by atoms with Gasteiger partial charge in [0.1, 0.15) is 22.0 Å². The van der Waals surface area contributed by atoms with Crippen LogP contribution < -0.4 is 21.2 Å². The van der Waals surface area contributed by atoms with Crippen molar-refractivity contribution in [1.29, 1.82) is 0 Å². The topological polar surface area (TPSA) is 108 Å². The zero-order valence-electron chi connectivity index (χ0n) is 26.6. The number of aryl methyl sites for hydroxylation is 3. The van der Waals surface area contributed by atoms with Gasteiger partial charge in [-0.25, -0.2) is 4.39 Å². The lowest BCUT2D eigenvalue weighted by Crippen LogP contribution is -2.22. The van der Waals surface area contributed by atoms with Crippen LogP contribution in [0.15, 0.2) is 71.0 Å². The number of hydrogen-bond donors (Lipinski definition) is 1. The quantitative estimate of drug-likeness (QED) is 0.158. The zero-order chi connectivity index (χ0) is 33.2. The van der Waals surface area contributed by atoms with Gasteiger partial charge in [-0.05, 0) is 79.0 Å². The van der Waals surface area contributed by atoms with Gasteiger partial charge < -0.3 is 14.6 Å². The Balaban J connectivity index is 1.35. The molecule has 1 atom stereocenters. The molecule has 1 aliphatic rings. The number of thiophene rings is 1. The minimum Gasteiger partial charge on any atom is -0.477 e. The number of rotatable bonds is 11. The van der Waals surface area contributed by atoms with Crippen molar-refractivity contribution in [3.63, 3.8) is 0 Å². The summed E-state index contributed by atoms with van der Waals surface area (Å²) >= 11 is 1.52. The van der Waals surface area contributed by atoms with Gasteiger partial charge in [-0.15, -0.1) is 11.3 Å². The van der Waals surface area contributed by atoms with Crippen molar-refractivity contribution in [3.8, 4) is 22.7 Å². The second kappa shape index (κ2) is 13.4. The van der Waals surface area contributed by atoms with Crippen LogP contribution in [0.1, 0.15) is 49.1 Å². The normalized spacial score (nSPS) is 13.3. The maximum atomic E-state index is 15.4. The highest BCUT2D eigenvalue weighted by atomic mass is 32.1. The molecule has 0 spiro atoms. The average Bonchev–Trinajstić information content (AvgIpc) is 3.45. The van der Waals surface area contributed by atoms with E-state index in [2.05, 4.69) is 22.0 Å². The van der Waals surface area contributed by atoms with Gasteiger partial charge in [-0.2, -0.15) is 14.8 Å². The minimum absolute atomic E-state index is 0.0320. The Morgan fingerprint density at radius 2 is 2.00 bits per heavy atom. The van der Waals surface area contributed by atoms with Crippen molar-refractivity contribution in [1.82, 2.24) is 19.3 Å². The molecular weight excluding hydrogens is 617 g/mol. The number of aromatic nitrogens is 4. The molecule has 0 amide bonds. The van der Waals surface area contributed by atoms with Gasteiger partial charge in [0.15, 0.2) is 5.78 Å². The van der Waals surface area contributed by atoms with E-state index in [9.17, 15) is 14.4 Å². The fourth-order valence-corrected chi connectivity index (χ4v) is 7.41. The van der Waals surface area contributed by atoms with Gasteiger partial charge >= 0.3 is 0 Å². The number of ether oxygens (including phenoxy) is 1. The first-order valence-corrected chi connectivity index (χ1v) is 16.6. The Morgan fingerprint density at radius 3 is 2.79 bits per heavy atom. The van der Waals surface area contributed by atoms with Crippen molar-refractivity contribution in [3.05, 3.63) is 104 Å². The highest BCUT2D eigenvalue weighted by Gasteiger charge is 2.22. The van der Waals surface area contributed by atoms with E-state index in [1.54, 1.807) is 43.7 Å². The maximum absolute atomic E-state index is 15.4. The number of nitrogens with one attached hydrogen (secondary N) is 1. The second-order valence-corrected chi connectivity index (χ2v) is 13.1. The van der Waals surface area contributed by atoms with Crippen molar-refractivity contribution in [2.24, 2.45) is 13.0 Å². The highest BCUT2D eigenvalue weighted by Crippen LogP contribution is 2.35. The molecule has 6 rings (SSSR count). The molecule has 0 unspecified atom stereocenters. The number of nitrogens with zero attached hydrogens (tertiary/aromatic N) is 4. The number of halogens is 1. The van der Waals surface area contributed by atoms with E-state index in [1.165, 1.54) is 49.2 Å². The van der Waals surface area contributed by atoms with Crippen molar-refractivity contribution < 1.29 is 13.9 Å². The molecule has 0 fully saturated rings. The number of benzene rings is 1. The summed E-state index contributed by atoms with van der Waals surface area (Å²) in [7, 11) is 1.63. The van der Waals surface area contributed by atoms with Crippen molar-refractivity contribution in [2.75, 3.05) is 11.9 Å². The molecule has 0 bridgehead atoms. The van der Waals surface area contributed by atoms with Crippen LogP contribution in [-0.2, 0) is 31.1 Å². The van der Waals surface area contributed by atoms with Gasteiger partial charge in [-0.1, -0.05) is 26.5 Å². The Bertz CT molecular complexity index is 2130. The van der Waals surface area contributed by atoms with Crippen LogP contribution in [0.4, 0.5) is 15.9 Å². The summed E-state index contributed by atoms with van der Waals surface area (Å²) in [5.74, 6) is 0.109. The summed E-state index contributed by atoms with van der Waals surface area (Å²) in [6.45, 7) is 7.64. The minimum atomic E-state index is -0.523. The number of carbonyl (C=O) groups excluding carboxylic acids is 1. The van der Waals surface area contributed by atoms with Crippen LogP contribution in [0, 0.1) is 11.7 Å². The van der Waals surface area contributed by atoms with E-state index in [0.717, 1.165) is 36.6 Å². The van der Waals surface area contributed by atoms with E-state index >= 15 is 4.39 Å². The molecule has 11 heteroatoms. The molecule has 47 heavy (non-hydrogen) atoms. The Kier molecular flexibility index (Phi) is 9.17. The molecule has 0 aliphatic heterocycles. The number of carbonyl (C=O) groups is 1. The number of anilines is 2. The van der Waals surface area contributed by atoms with Gasteiger partial charge in [0.25, 0.3) is 11.1 Å². The average molecular weight is 654 g/mol. The fourth-order valence-electron chi connectivity index (χ4n) is 6.13. The summed E-state index contributed by atoms with van der Waals surface area (Å²) in [6, 6.07) is 9.58. The number of ketones is 1. The zero-order valence-corrected chi connectivity index (χ0v) is 27.5. The predicted octanol–water partition coefficient (Wildman–Crippen LogP) is 6.69. The SMILES string of the molecule is C=CC(=O)C[C@@H](C)COc1cccc(Nc2cc(-c3cc(F)cc(-n4ncc5c6c(sc5c4=O)CCCC6)c3CC)cn(C)c2=O)n1. The van der Waals surface area contributed by atoms with Gasteiger partial charge in [0.2, 0.25) is 5.88 Å². The molecule has 9 nitrogen and oxygen atoms in total. The molecule has 4 heterocycles. The molecule has 5 aromatic rings. The van der Waals surface area contributed by atoms with Crippen LogP contribution in [0.5, 0.6) is 5.88 Å². The maximum Gasteiger partial charge on any atom is 0.289 e. The van der Waals surface area contributed by atoms with E-state index in [0.29, 0.717) is 46.1 Å². The van der Waals surface area contributed by atoms with Crippen LogP contribution in [-0.4, -0.2) is 31.7 Å². The smallest absolute Gasteiger partial charge is 0.289 e. The van der Waals surface area contributed by atoms with E-state index in [1.807, 2.05) is 13.8 Å². The molecule has 0 saturated heterocycles. The first-order chi connectivity index (χ1) is 22.7. The number of fused-ring (bicyclic) bond motifs is 3. The van der Waals surface area contributed by atoms with Crippen molar-refractivity contribution >= 4 is 38.7 Å². The number of hydrogen-bond acceptors (Lipinski definition) is 8. The van der Waals surface area contributed by atoms with Crippen LogP contribution in [0.25, 0.3) is 26.9 Å². The van der Waals surface area contributed by atoms with E-state index in [4.69, 9.17) is 4.74 Å². The summed E-state index contributed by atoms with van der Waals surface area (Å²) in [5.41, 5.74) is 3.12. The third-order valence-corrected chi connectivity index (χ3v) is 9.74. The first kappa shape index (κ1) is 32.1. The Morgan fingerprint density at radius 1 is 1.19 bits per heavy atom. The molecule has 0 saturated carbocycles. The van der Waals surface area contributed by atoms with Gasteiger partial charge in [0, 0.05) is 47.6 Å². The van der Waals surface area contributed by atoms with E-state index < -0.39 is 5.82 Å². The first-order valence-electron chi connectivity index (χ1n) is 15.7. The second-order valence-electron chi connectivity index (χ2n) is 12.0. The Hall–Kier alpha value is -4.90. The summed E-state index contributed by atoms with van der Waals surface area (Å²) in [4.78, 5) is 44.4. The van der Waals surface area contributed by atoms with Gasteiger partial charge in [-0.3, -0.25) is 14.4 Å². The van der Waals surface area contributed by atoms with Crippen LogP contribution >= 0.6 is 11.3 Å². The molecular formula is C36H36FN5O4S. The van der Waals surface area contributed by atoms with Crippen molar-refractivity contribution in [2.45, 2.75) is 52.4 Å². The molecule has 1 aromatic carbocycles. The molecule has 1 aliphatic carbocycles. The largest absolute Gasteiger partial charge is 0.477 e. The number of pyridine rings is 2. The van der Waals surface area contributed by atoms with Gasteiger partial charge in [0.05, 0.1) is 18.5 Å². The third kappa shape index (κ3) is 6.53. The third-order valence-electron chi connectivity index (χ3n) is 8.45. The van der Waals surface area contributed by atoms with Crippen LogP contribution in [0.2, 0.25) is 0 Å². The Labute approximate surface area is 275 Å². The van der Waals surface area contributed by atoms with Crippen LogP contribution in [0.3, 0.4) is 0 Å². The molecule has 1 N–H and O–H groups in total. The standard InChI is InChI=1S/C36H36FN5O4S/c1-5-24(43)14-21(3)20-46-33-13-9-12-32(40-33)39-29-15-22(19-41(4)35(29)44)27-16-23(37)17-30(25(27)6-2)42-36(45)34-28(18-38-42)26-10-7-8-11-31(26)47-34/h5,9,12-13,15-19,21H,1,6-8,10-11,14,20H2,2-4H3,(H,39,40)/t21-/m1/s1. The summed E-state index contributed by atoms with van der Waals surface area (Å²) < 4.78 is 24.5. The number of allylic oxidation sites excluding steroid dienone is 1. The molecule has 242 valence electrons. The lowest BCUT2D eigenvalue weighted by Gasteiger charge is -2.17. The predicted molar refractivity (Wildman–Crippen MR) is 184 cm³/mol. The summed E-state index contributed by atoms with van der Waals surface area (Å²) in [5, 5.41) is 8.52. The fraction of sp³-hybridized carbons (Fsp3) is 0.306. The monoisotopic (exact) mass is 653 g/mol. The highest BCUT2D eigenvalue weighted by molar-refractivity contribution is 7.19. The lowest BCUT2D eigenvalue weighted by molar-refractivity contribution is -0.115. The summed E-state index contributed by atoms with van der Waals surface area (Å²) in [6.07, 6.45) is 9.61. The molecule has 4 aromatic heterocycles. The molecule has 0 radical (unpaired) electrons. The van der Waals surface area contributed by atoms with E-state index in [-0.39, 0.29) is 35.1 Å². The lowest BCUT2D eigenvalue weighted by atomic mass is 9.96.